The largest absolute Gasteiger partial charge is 0.481 e. The first-order chi connectivity index (χ1) is 8.90. The Morgan fingerprint density at radius 1 is 1.53 bits per heavy atom. The fourth-order valence-corrected chi connectivity index (χ4v) is 3.36. The Bertz CT molecular complexity index is 488. The molecular weight excluding hydrogens is 288 g/mol. The van der Waals surface area contributed by atoms with Crippen LogP contribution in [-0.2, 0) is 34.3 Å². The molecule has 0 amide bonds. The summed E-state index contributed by atoms with van der Waals surface area (Å²) in [5.41, 5.74) is 1.53. The van der Waals surface area contributed by atoms with Gasteiger partial charge in [0.15, 0.2) is 0 Å². The van der Waals surface area contributed by atoms with Crippen molar-refractivity contribution in [1.29, 1.82) is 0 Å². The molecule has 0 aliphatic heterocycles. The van der Waals surface area contributed by atoms with Crippen LogP contribution in [0.3, 0.4) is 0 Å². The summed E-state index contributed by atoms with van der Waals surface area (Å²) in [6.07, 6.45) is 0.612. The summed E-state index contributed by atoms with van der Waals surface area (Å²) in [6.45, 7) is 6.23. The molecule has 2 unspecified atom stereocenters. The average molecular weight is 307 g/mol. The van der Waals surface area contributed by atoms with E-state index in [0.717, 1.165) is 17.8 Å². The van der Waals surface area contributed by atoms with E-state index in [-0.39, 0.29) is 12.2 Å². The highest BCUT2D eigenvalue weighted by molar-refractivity contribution is 7.84. The summed E-state index contributed by atoms with van der Waals surface area (Å²) in [7, 11) is -1.27. The molecule has 0 aliphatic carbocycles. The Labute approximate surface area is 120 Å². The molecule has 1 aromatic heterocycles. The topological polar surface area (TPSA) is 72.2 Å². The van der Waals surface area contributed by atoms with Gasteiger partial charge in [-0.05, 0) is 13.3 Å². The Kier molecular flexibility index (Phi) is 6.00. The predicted octanol–water partition coefficient (Wildman–Crippen LogP) is 2.23. The molecule has 0 radical (unpaired) electrons. The van der Waals surface area contributed by atoms with Crippen LogP contribution in [0.15, 0.2) is 0 Å². The van der Waals surface area contributed by atoms with E-state index in [4.69, 9.17) is 16.7 Å². The molecule has 0 fully saturated rings. The maximum atomic E-state index is 12.1. The van der Waals surface area contributed by atoms with Crippen LogP contribution in [0, 0.1) is 0 Å². The number of aliphatic carboxylic acids is 1. The van der Waals surface area contributed by atoms with E-state index in [1.165, 1.54) is 0 Å². The molecule has 1 N–H and O–H groups in total. The fraction of sp³-hybridized carbons (Fsp3) is 0.667. The highest BCUT2D eigenvalue weighted by Gasteiger charge is 2.21. The maximum Gasteiger partial charge on any atom is 0.304 e. The first-order valence-electron chi connectivity index (χ1n) is 6.23. The molecular formula is C12H19ClN2O3S. The second kappa shape index (κ2) is 7.05. The van der Waals surface area contributed by atoms with E-state index in [2.05, 4.69) is 5.10 Å². The third-order valence-corrected chi connectivity index (χ3v) is 4.94. The number of hydrogen-bond donors (Lipinski definition) is 1. The van der Waals surface area contributed by atoms with E-state index in [9.17, 15) is 9.00 Å². The van der Waals surface area contributed by atoms with Crippen LogP contribution in [0.25, 0.3) is 0 Å². The van der Waals surface area contributed by atoms with E-state index in [0.29, 0.717) is 11.6 Å². The second-order valence-electron chi connectivity index (χ2n) is 4.31. The van der Waals surface area contributed by atoms with Crippen LogP contribution in [0.1, 0.15) is 38.6 Å². The van der Waals surface area contributed by atoms with E-state index < -0.39 is 22.0 Å². The minimum absolute atomic E-state index is 0.106. The van der Waals surface area contributed by atoms with E-state index in [1.54, 1.807) is 11.6 Å². The van der Waals surface area contributed by atoms with Crippen LogP contribution < -0.4 is 0 Å². The molecule has 0 aliphatic rings. The standard InChI is InChI=1S/C12H19ClN2O3S/c1-4-9-12(13)10(15(5-2)14-9)7-19(18)8(3)6-11(16)17/h8H,4-7H2,1-3H3,(H,16,17). The van der Waals surface area contributed by atoms with Crippen LogP contribution in [0.2, 0.25) is 5.02 Å². The summed E-state index contributed by atoms with van der Waals surface area (Å²) in [4.78, 5) is 10.6. The average Bonchev–Trinajstić information content (AvgIpc) is 2.65. The molecule has 108 valence electrons. The Morgan fingerprint density at radius 3 is 2.63 bits per heavy atom. The number of halogens is 1. The van der Waals surface area contributed by atoms with Gasteiger partial charge in [-0.1, -0.05) is 25.4 Å². The number of carboxylic acid groups (broad SMARTS) is 1. The highest BCUT2D eigenvalue weighted by atomic mass is 35.5. The Morgan fingerprint density at radius 2 is 2.16 bits per heavy atom. The molecule has 0 aromatic carbocycles. The first-order valence-corrected chi connectivity index (χ1v) is 7.99. The van der Waals surface area contributed by atoms with Crippen LogP contribution in [0.4, 0.5) is 0 Å². The highest BCUT2D eigenvalue weighted by Crippen LogP contribution is 2.24. The monoisotopic (exact) mass is 306 g/mol. The summed E-state index contributed by atoms with van der Waals surface area (Å²) in [5.74, 6) is -0.695. The molecule has 0 saturated carbocycles. The molecule has 1 aromatic rings. The van der Waals surface area contributed by atoms with Gasteiger partial charge in [-0.2, -0.15) is 5.10 Å². The van der Waals surface area contributed by atoms with Crippen molar-refractivity contribution in [2.75, 3.05) is 0 Å². The molecule has 0 bridgehead atoms. The van der Waals surface area contributed by atoms with Gasteiger partial charge in [-0.3, -0.25) is 13.7 Å². The SMILES string of the molecule is CCc1nn(CC)c(CS(=O)C(C)CC(=O)O)c1Cl. The minimum Gasteiger partial charge on any atom is -0.481 e. The maximum absolute atomic E-state index is 12.1. The minimum atomic E-state index is -1.27. The van der Waals surface area contributed by atoms with E-state index in [1.807, 2.05) is 13.8 Å². The van der Waals surface area contributed by atoms with E-state index >= 15 is 0 Å². The van der Waals surface area contributed by atoms with Gasteiger partial charge < -0.3 is 5.11 Å². The number of aromatic nitrogens is 2. The molecule has 19 heavy (non-hydrogen) atoms. The molecule has 0 saturated heterocycles. The van der Waals surface area contributed by atoms with Crippen molar-refractivity contribution >= 4 is 28.4 Å². The smallest absolute Gasteiger partial charge is 0.304 e. The normalized spacial score (nSPS) is 14.3. The van der Waals surface area contributed by atoms with Gasteiger partial charge in [-0.25, -0.2) is 0 Å². The van der Waals surface area contributed by atoms with Gasteiger partial charge in [0.1, 0.15) is 0 Å². The lowest BCUT2D eigenvalue weighted by atomic mass is 10.3. The summed E-state index contributed by atoms with van der Waals surface area (Å²) >= 11 is 6.23. The van der Waals surface area contributed by atoms with Crippen molar-refractivity contribution in [3.05, 3.63) is 16.4 Å². The lowest BCUT2D eigenvalue weighted by Gasteiger charge is -2.10. The second-order valence-corrected chi connectivity index (χ2v) is 6.54. The number of nitrogens with zero attached hydrogens (tertiary/aromatic N) is 2. The molecule has 2 atom stereocenters. The van der Waals surface area contributed by atoms with Gasteiger partial charge in [-0.15, -0.1) is 0 Å². The molecule has 0 spiro atoms. The molecule has 7 heteroatoms. The van der Waals surface area contributed by atoms with Gasteiger partial charge >= 0.3 is 5.97 Å². The Balaban J connectivity index is 2.89. The number of carbonyl (C=O) groups is 1. The van der Waals surface area contributed by atoms with Gasteiger partial charge in [0.2, 0.25) is 0 Å². The zero-order chi connectivity index (χ0) is 14.6. The first kappa shape index (κ1) is 16.2. The quantitative estimate of drug-likeness (QED) is 0.838. The van der Waals surface area contributed by atoms with Gasteiger partial charge in [0.05, 0.1) is 28.6 Å². The number of hydrogen-bond acceptors (Lipinski definition) is 3. The lowest BCUT2D eigenvalue weighted by Crippen LogP contribution is -2.18. The third kappa shape index (κ3) is 4.04. The van der Waals surface area contributed by atoms with Crippen molar-refractivity contribution in [3.8, 4) is 0 Å². The fourth-order valence-electron chi connectivity index (χ4n) is 1.77. The van der Waals surface area contributed by atoms with Crippen LogP contribution in [0.5, 0.6) is 0 Å². The summed E-state index contributed by atoms with van der Waals surface area (Å²) < 4.78 is 13.9. The lowest BCUT2D eigenvalue weighted by molar-refractivity contribution is -0.136. The van der Waals surface area contributed by atoms with Crippen molar-refractivity contribution in [2.45, 2.75) is 51.2 Å². The van der Waals surface area contributed by atoms with Gasteiger partial charge in [0, 0.05) is 22.6 Å². The number of carboxylic acids is 1. The van der Waals surface area contributed by atoms with Crippen LogP contribution >= 0.6 is 11.6 Å². The van der Waals surface area contributed by atoms with Crippen molar-refractivity contribution in [2.24, 2.45) is 0 Å². The molecule has 1 rings (SSSR count). The Hall–Kier alpha value is -0.880. The number of rotatable bonds is 7. The predicted molar refractivity (Wildman–Crippen MR) is 75.9 cm³/mol. The van der Waals surface area contributed by atoms with Crippen molar-refractivity contribution < 1.29 is 14.1 Å². The van der Waals surface area contributed by atoms with Gasteiger partial charge in [0.25, 0.3) is 0 Å². The van der Waals surface area contributed by atoms with Crippen molar-refractivity contribution in [3.63, 3.8) is 0 Å². The third-order valence-electron chi connectivity index (χ3n) is 2.88. The van der Waals surface area contributed by atoms with Crippen molar-refractivity contribution in [1.82, 2.24) is 9.78 Å². The number of aryl methyl sites for hydroxylation is 2. The summed E-state index contributed by atoms with van der Waals surface area (Å²) in [6, 6.07) is 0. The van der Waals surface area contributed by atoms with Crippen LogP contribution in [-0.4, -0.2) is 30.3 Å². The zero-order valence-corrected chi connectivity index (χ0v) is 12.9. The molecule has 5 nitrogen and oxygen atoms in total. The zero-order valence-electron chi connectivity index (χ0n) is 11.4. The molecule has 1 heterocycles. The summed E-state index contributed by atoms with van der Waals surface area (Å²) in [5, 5.41) is 13.2.